The highest BCUT2D eigenvalue weighted by Crippen LogP contribution is 2.26. The van der Waals surface area contributed by atoms with Crippen molar-refractivity contribution in [2.45, 2.75) is 20.4 Å². The fourth-order valence-corrected chi connectivity index (χ4v) is 5.90. The van der Waals surface area contributed by atoms with Crippen LogP contribution in [0.15, 0.2) is 65.1 Å². The number of hydrogen-bond acceptors (Lipinski definition) is 8. The Balaban J connectivity index is 1.44. The van der Waals surface area contributed by atoms with Crippen molar-refractivity contribution in [2.24, 2.45) is 0 Å². The second-order valence-corrected chi connectivity index (χ2v) is 11.3. The van der Waals surface area contributed by atoms with Crippen molar-refractivity contribution >= 4 is 63.3 Å². The Morgan fingerprint density at radius 3 is 2.55 bits per heavy atom. The van der Waals surface area contributed by atoms with Crippen LogP contribution in [0.3, 0.4) is 0 Å². The summed E-state index contributed by atoms with van der Waals surface area (Å²) in [7, 11) is 1.75. The lowest BCUT2D eigenvalue weighted by atomic mass is 10.2. The number of hydrogen-bond donors (Lipinski definition) is 2. The summed E-state index contributed by atoms with van der Waals surface area (Å²) in [5.74, 6) is -0.559. The van der Waals surface area contributed by atoms with Crippen LogP contribution in [0.5, 0.6) is 0 Å². The van der Waals surface area contributed by atoms with Crippen LogP contribution in [-0.4, -0.2) is 67.6 Å². The molecule has 0 unspecified atom stereocenters. The normalized spacial score (nSPS) is 12.8. The molecule has 1 aliphatic heterocycles. The molecule has 1 aliphatic rings. The largest absolute Gasteiger partial charge is 0.368 e. The molecule has 10 nitrogen and oxygen atoms in total. The molecule has 1 saturated heterocycles. The van der Waals surface area contributed by atoms with Crippen LogP contribution in [0.4, 0.5) is 17.1 Å². The Kier molecular flexibility index (Phi) is 11.2. The van der Waals surface area contributed by atoms with E-state index in [4.69, 9.17) is 11.6 Å². The molecule has 2 amide bonds. The maximum Gasteiger partial charge on any atom is 0.277 e. The number of carbonyl (C=O) groups is 2. The summed E-state index contributed by atoms with van der Waals surface area (Å²) in [6.45, 7) is 7.68. The number of rotatable bonds is 9. The molecule has 2 N–H and O–H groups in total. The number of aromatic nitrogens is 1. The number of anilines is 3. The zero-order valence-corrected chi connectivity index (χ0v) is 26.5. The van der Waals surface area contributed by atoms with Crippen molar-refractivity contribution < 1.29 is 9.59 Å². The van der Waals surface area contributed by atoms with Gasteiger partial charge in [-0.25, -0.2) is 0 Å². The number of likely N-dealkylation sites (N-methyl/N-ethyl adjacent to an activating group) is 2. The molecule has 4 rings (SSSR count). The van der Waals surface area contributed by atoms with Gasteiger partial charge in [0.2, 0.25) is 5.91 Å². The summed E-state index contributed by atoms with van der Waals surface area (Å²) in [6.07, 6.45) is 1.52. The summed E-state index contributed by atoms with van der Waals surface area (Å²) in [5.41, 5.74) is 7.71. The predicted octanol–water partition coefficient (Wildman–Crippen LogP) is 2.34. The molecule has 44 heavy (non-hydrogen) atoms. The van der Waals surface area contributed by atoms with Gasteiger partial charge in [-0.05, 0) is 44.2 Å². The van der Waals surface area contributed by atoms with Gasteiger partial charge in [0, 0.05) is 63.9 Å². The first kappa shape index (κ1) is 32.4. The van der Waals surface area contributed by atoms with E-state index >= 15 is 0 Å². The van der Waals surface area contributed by atoms with E-state index in [1.54, 1.807) is 25.8 Å². The summed E-state index contributed by atoms with van der Waals surface area (Å²) >= 11 is 7.45. The number of amides is 2. The van der Waals surface area contributed by atoms with E-state index in [9.17, 15) is 19.6 Å². The number of carbonyl (C=O) groups excluding carboxylic acids is 2. The topological polar surface area (TPSA) is 114 Å². The van der Waals surface area contributed by atoms with Gasteiger partial charge >= 0.3 is 0 Å². The van der Waals surface area contributed by atoms with Crippen LogP contribution in [0, 0.1) is 11.3 Å². The van der Waals surface area contributed by atoms with E-state index in [1.807, 2.05) is 54.6 Å². The number of nitrogens with one attached hydrogen (secondary N) is 2. The molecule has 3 aromatic rings. The molecule has 0 spiro atoms. The highest BCUT2D eigenvalue weighted by Gasteiger charge is 2.22. The molecule has 228 valence electrons. The zero-order valence-electron chi connectivity index (χ0n) is 24.9. The number of piperazine rings is 1. The van der Waals surface area contributed by atoms with Gasteiger partial charge in [0.1, 0.15) is 15.3 Å². The predicted molar refractivity (Wildman–Crippen MR) is 176 cm³/mol. The summed E-state index contributed by atoms with van der Waals surface area (Å²) in [4.78, 5) is 44.1. The van der Waals surface area contributed by atoms with Crippen LogP contribution < -0.4 is 35.2 Å². The average Bonchev–Trinajstić information content (AvgIpc) is 3.33. The standard InChI is InChI=1S/C32H34ClN7O3S/c1-4-35-31(42)23(21-34)19-30-40(5-2)32(43)28(44-30)13-14-36-24-9-8-10-25(20-24)37(3)29(41)22-38-15-17-39(18-16-38)27-12-7-6-11-26(27)33/h6-12,14,20,36H,4-5,15-18,22H2,1-3H3,(H,35,42). The smallest absolute Gasteiger partial charge is 0.277 e. The summed E-state index contributed by atoms with van der Waals surface area (Å²) < 4.78 is 2.10. The zero-order chi connectivity index (χ0) is 31.6. The molecule has 0 atom stereocenters. The van der Waals surface area contributed by atoms with Crippen molar-refractivity contribution in [1.29, 1.82) is 5.26 Å². The first-order valence-corrected chi connectivity index (χ1v) is 15.4. The van der Waals surface area contributed by atoms with Gasteiger partial charge in [0.15, 0.2) is 5.57 Å². The minimum atomic E-state index is -0.541. The second kappa shape index (κ2) is 15.3. The molecule has 0 aliphatic carbocycles. The van der Waals surface area contributed by atoms with Crippen LogP contribution >= 0.6 is 22.9 Å². The average molecular weight is 632 g/mol. The third kappa shape index (κ3) is 7.88. The minimum Gasteiger partial charge on any atom is -0.368 e. The first-order chi connectivity index (χ1) is 21.2. The van der Waals surface area contributed by atoms with Gasteiger partial charge in [0.25, 0.3) is 11.5 Å². The minimum absolute atomic E-state index is 0.0182. The molecule has 2 heterocycles. The van der Waals surface area contributed by atoms with E-state index in [1.165, 1.54) is 10.8 Å². The Bertz CT molecular complexity index is 1820. The molecule has 0 radical (unpaired) electrons. The Morgan fingerprint density at radius 2 is 1.86 bits per heavy atom. The lowest BCUT2D eigenvalue weighted by molar-refractivity contribution is -0.119. The number of thiazole rings is 1. The molecule has 1 fully saturated rings. The van der Waals surface area contributed by atoms with E-state index in [-0.39, 0.29) is 17.0 Å². The van der Waals surface area contributed by atoms with Gasteiger partial charge in [-0.3, -0.25) is 23.9 Å². The van der Waals surface area contributed by atoms with Gasteiger partial charge in [-0.15, -0.1) is 0 Å². The summed E-state index contributed by atoms with van der Waals surface area (Å²) in [5, 5.41) is 15.8. The van der Waals surface area contributed by atoms with E-state index in [0.29, 0.717) is 34.5 Å². The number of halogens is 1. The highest BCUT2D eigenvalue weighted by atomic mass is 35.5. The molecule has 2 aromatic carbocycles. The van der Waals surface area contributed by atoms with E-state index in [2.05, 4.69) is 31.9 Å². The number of nitrogens with zero attached hydrogens (tertiary/aromatic N) is 5. The fourth-order valence-electron chi connectivity index (χ4n) is 4.66. The van der Waals surface area contributed by atoms with Crippen LogP contribution in [0.1, 0.15) is 13.8 Å². The molecule has 0 bridgehead atoms. The SMILES string of the molecule is CCNC(=O)C(=C=c1sc(=C=CNc2cccc(N(C)C(=O)CN3CCN(c4ccccc4Cl)CC3)c2)c(=O)n1CC)C#N. The fraction of sp³-hybridized carbons (Fsp3) is 0.312. The van der Waals surface area contributed by atoms with Gasteiger partial charge in [-0.2, -0.15) is 5.26 Å². The van der Waals surface area contributed by atoms with Gasteiger partial charge < -0.3 is 20.4 Å². The van der Waals surface area contributed by atoms with Gasteiger partial charge in [0.05, 0.1) is 17.3 Å². The quantitative estimate of drug-likeness (QED) is 0.275. The Labute approximate surface area is 265 Å². The number of para-hydroxylation sites is 1. The third-order valence-electron chi connectivity index (χ3n) is 7.08. The Morgan fingerprint density at radius 1 is 1.11 bits per heavy atom. The van der Waals surface area contributed by atoms with Crippen molar-refractivity contribution in [3.8, 4) is 6.07 Å². The van der Waals surface area contributed by atoms with Gasteiger partial charge in [-0.1, -0.05) is 52.6 Å². The summed E-state index contributed by atoms with van der Waals surface area (Å²) in [6, 6.07) is 17.0. The number of nitriles is 1. The Hall–Kier alpha value is -4.55. The molecular weight excluding hydrogens is 598 g/mol. The molecule has 12 heteroatoms. The van der Waals surface area contributed by atoms with Crippen LogP contribution in [-0.2, 0) is 16.1 Å². The van der Waals surface area contributed by atoms with E-state index in [0.717, 1.165) is 53.9 Å². The van der Waals surface area contributed by atoms with Crippen molar-refractivity contribution in [3.63, 3.8) is 0 Å². The maximum atomic E-state index is 13.1. The number of benzene rings is 2. The molecule has 1 aromatic heterocycles. The lowest BCUT2D eigenvalue weighted by Crippen LogP contribution is -2.49. The van der Waals surface area contributed by atoms with Crippen molar-refractivity contribution in [3.05, 3.63) is 84.9 Å². The monoisotopic (exact) mass is 631 g/mol. The van der Waals surface area contributed by atoms with Crippen LogP contribution in [0.2, 0.25) is 5.02 Å². The first-order valence-electron chi connectivity index (χ1n) is 14.2. The van der Waals surface area contributed by atoms with Crippen molar-refractivity contribution in [2.75, 3.05) is 61.4 Å². The lowest BCUT2D eigenvalue weighted by Gasteiger charge is -2.36. The van der Waals surface area contributed by atoms with Crippen molar-refractivity contribution in [1.82, 2.24) is 14.8 Å². The third-order valence-corrected chi connectivity index (χ3v) is 8.41. The van der Waals surface area contributed by atoms with Crippen LogP contribution in [0.25, 0.3) is 11.5 Å². The molecular formula is C32H34ClN7O3S. The highest BCUT2D eigenvalue weighted by molar-refractivity contribution is 7.07. The van der Waals surface area contributed by atoms with E-state index < -0.39 is 5.91 Å². The maximum absolute atomic E-state index is 13.1. The molecule has 0 saturated carbocycles. The second-order valence-electron chi connectivity index (χ2n) is 9.91.